The summed E-state index contributed by atoms with van der Waals surface area (Å²) in [6, 6.07) is 2.75. The fourth-order valence-electron chi connectivity index (χ4n) is 3.57. The molecule has 1 atom stereocenters. The van der Waals surface area contributed by atoms with Crippen LogP contribution >= 0.6 is 0 Å². The molecule has 1 fully saturated rings. The maximum absolute atomic E-state index is 12.8. The largest absolute Gasteiger partial charge is 0.489 e. The van der Waals surface area contributed by atoms with Crippen LogP contribution in [0.1, 0.15) is 42.6 Å². The van der Waals surface area contributed by atoms with Crippen LogP contribution in [-0.4, -0.2) is 46.0 Å². The summed E-state index contributed by atoms with van der Waals surface area (Å²) >= 11 is 0. The van der Waals surface area contributed by atoms with Gasteiger partial charge in [-0.15, -0.1) is 0 Å². The van der Waals surface area contributed by atoms with Gasteiger partial charge >= 0.3 is 0 Å². The maximum atomic E-state index is 12.8. The van der Waals surface area contributed by atoms with Crippen LogP contribution in [-0.2, 0) is 0 Å². The molecule has 11 nitrogen and oxygen atoms in total. The smallest absolute Gasteiger partial charge is 0.286 e. The molecule has 2 aromatic rings. The lowest BCUT2D eigenvalue weighted by Crippen LogP contribution is -2.49. The number of hydrogen-bond donors (Lipinski definition) is 1. The predicted octanol–water partition coefficient (Wildman–Crippen LogP) is 3.05. The van der Waals surface area contributed by atoms with Gasteiger partial charge in [0.15, 0.2) is 11.4 Å². The number of nitroso groups, excluding NO2 is 1. The maximum Gasteiger partial charge on any atom is 0.286 e. The Bertz CT molecular complexity index is 902. The van der Waals surface area contributed by atoms with Crippen molar-refractivity contribution in [2.24, 2.45) is 22.1 Å². The molecule has 1 saturated carbocycles. The van der Waals surface area contributed by atoms with E-state index in [1.54, 1.807) is 16.7 Å². The van der Waals surface area contributed by atoms with Gasteiger partial charge in [0.25, 0.3) is 5.91 Å². The van der Waals surface area contributed by atoms with E-state index in [1.807, 2.05) is 6.07 Å². The van der Waals surface area contributed by atoms with Crippen LogP contribution in [0, 0.1) is 10.8 Å². The standard InChI is InChI=1S/C18H24N8O3/c19-24-22-9-14(10-23-28)26(20)18(27)15-11-21-17-16(7-4-8-25(15)17)29-12-13-5-2-1-3-6-13/h4,7-8,11,13-14H,1-3,5-6,9-10,12,20H2. The summed E-state index contributed by atoms with van der Waals surface area (Å²) in [5.41, 5.74) is 9.21. The van der Waals surface area contributed by atoms with Gasteiger partial charge in [-0.3, -0.25) is 14.2 Å². The molecular weight excluding hydrogens is 376 g/mol. The Balaban J connectivity index is 1.78. The first kappa shape index (κ1) is 20.6. The molecule has 1 amide bonds. The number of imidazole rings is 1. The van der Waals surface area contributed by atoms with Crippen molar-refractivity contribution in [3.8, 4) is 5.75 Å². The normalized spacial score (nSPS) is 15.5. The molecule has 2 heterocycles. The van der Waals surface area contributed by atoms with E-state index in [-0.39, 0.29) is 18.8 Å². The van der Waals surface area contributed by atoms with E-state index in [4.69, 9.17) is 16.1 Å². The number of nitrogens with two attached hydrogens (primary N) is 1. The molecule has 2 aromatic heterocycles. The molecule has 0 radical (unpaired) electrons. The molecule has 1 aliphatic rings. The number of nitrogens with zero attached hydrogens (tertiary/aromatic N) is 7. The van der Waals surface area contributed by atoms with Gasteiger partial charge < -0.3 is 4.74 Å². The summed E-state index contributed by atoms with van der Waals surface area (Å²) in [7, 11) is 0. The van der Waals surface area contributed by atoms with E-state index in [2.05, 4.69) is 20.2 Å². The lowest BCUT2D eigenvalue weighted by Gasteiger charge is -2.24. The van der Waals surface area contributed by atoms with Crippen LogP contribution in [0.3, 0.4) is 0 Å². The van der Waals surface area contributed by atoms with Crippen LogP contribution in [0.25, 0.3) is 16.1 Å². The highest BCUT2D eigenvalue weighted by Crippen LogP contribution is 2.26. The van der Waals surface area contributed by atoms with Gasteiger partial charge in [0.05, 0.1) is 18.8 Å². The number of pyridine rings is 1. The van der Waals surface area contributed by atoms with Gasteiger partial charge in [0, 0.05) is 17.7 Å². The van der Waals surface area contributed by atoms with E-state index >= 15 is 0 Å². The summed E-state index contributed by atoms with van der Waals surface area (Å²) in [5.74, 6) is 6.46. The second kappa shape index (κ2) is 9.85. The Kier molecular flexibility index (Phi) is 6.99. The summed E-state index contributed by atoms with van der Waals surface area (Å²) in [5, 5.41) is 7.01. The van der Waals surface area contributed by atoms with Gasteiger partial charge in [-0.2, -0.15) is 4.91 Å². The monoisotopic (exact) mass is 400 g/mol. The molecule has 0 bridgehead atoms. The van der Waals surface area contributed by atoms with Gasteiger partial charge in [0.2, 0.25) is 0 Å². The average Bonchev–Trinajstić information content (AvgIpc) is 3.19. The number of hydrazine groups is 1. The summed E-state index contributed by atoms with van der Waals surface area (Å²) in [6.07, 6.45) is 9.19. The molecule has 0 aliphatic heterocycles. The summed E-state index contributed by atoms with van der Waals surface area (Å²) in [4.78, 5) is 30.4. The number of ether oxygens (including phenoxy) is 1. The van der Waals surface area contributed by atoms with E-state index in [1.165, 1.54) is 38.3 Å². The van der Waals surface area contributed by atoms with Gasteiger partial charge in [-0.25, -0.2) is 10.8 Å². The first-order chi connectivity index (χ1) is 14.2. The highest BCUT2D eigenvalue weighted by atomic mass is 16.5. The van der Waals surface area contributed by atoms with E-state index < -0.39 is 11.9 Å². The van der Waals surface area contributed by atoms with E-state index in [0.717, 1.165) is 5.01 Å². The third-order valence-electron chi connectivity index (χ3n) is 5.19. The molecule has 0 aromatic carbocycles. The van der Waals surface area contributed by atoms with Gasteiger partial charge in [-0.05, 0) is 36.4 Å². The first-order valence-corrected chi connectivity index (χ1v) is 9.62. The number of fused-ring (bicyclic) bond motifs is 1. The Morgan fingerprint density at radius 3 is 2.93 bits per heavy atom. The van der Waals surface area contributed by atoms with Crippen molar-refractivity contribution in [1.82, 2.24) is 14.4 Å². The summed E-state index contributed by atoms with van der Waals surface area (Å²) < 4.78 is 7.60. The number of amides is 1. The Labute approximate surface area is 167 Å². The van der Waals surface area contributed by atoms with Crippen molar-refractivity contribution in [2.75, 3.05) is 19.7 Å². The Hall–Kier alpha value is -3.17. The fourth-order valence-corrected chi connectivity index (χ4v) is 3.57. The molecule has 11 heteroatoms. The van der Waals surface area contributed by atoms with Crippen LogP contribution in [0.5, 0.6) is 5.75 Å². The number of carbonyl (C=O) groups is 1. The van der Waals surface area contributed by atoms with Crippen molar-refractivity contribution in [3.05, 3.63) is 45.6 Å². The molecule has 1 aliphatic carbocycles. The van der Waals surface area contributed by atoms with Gasteiger partial charge in [-0.1, -0.05) is 29.6 Å². The third-order valence-corrected chi connectivity index (χ3v) is 5.19. The molecule has 3 rings (SSSR count). The highest BCUT2D eigenvalue weighted by molar-refractivity contribution is 5.93. The van der Waals surface area contributed by atoms with Crippen LogP contribution in [0.4, 0.5) is 0 Å². The second-order valence-electron chi connectivity index (χ2n) is 7.12. The summed E-state index contributed by atoms with van der Waals surface area (Å²) in [6.45, 7) is 0.183. The number of aromatic nitrogens is 2. The van der Waals surface area contributed by atoms with Crippen LogP contribution < -0.4 is 10.6 Å². The molecule has 1 unspecified atom stereocenters. The Morgan fingerprint density at radius 2 is 2.21 bits per heavy atom. The van der Waals surface area contributed by atoms with Crippen molar-refractivity contribution in [2.45, 2.75) is 38.1 Å². The lowest BCUT2D eigenvalue weighted by molar-refractivity contribution is 0.0682. The number of azide groups is 1. The van der Waals surface area contributed by atoms with Crippen molar-refractivity contribution in [1.29, 1.82) is 0 Å². The first-order valence-electron chi connectivity index (χ1n) is 9.62. The number of carbonyl (C=O) groups excluding carboxylic acids is 1. The average molecular weight is 400 g/mol. The topological polar surface area (TPSA) is 151 Å². The fraction of sp³-hybridized carbons (Fsp3) is 0.556. The third kappa shape index (κ3) is 4.82. The molecule has 0 spiro atoms. The second-order valence-corrected chi connectivity index (χ2v) is 7.12. The zero-order valence-corrected chi connectivity index (χ0v) is 16.1. The van der Waals surface area contributed by atoms with Crippen molar-refractivity contribution >= 4 is 11.6 Å². The minimum Gasteiger partial charge on any atom is -0.489 e. The highest BCUT2D eigenvalue weighted by Gasteiger charge is 2.25. The minimum atomic E-state index is -0.841. The van der Waals surface area contributed by atoms with E-state index in [9.17, 15) is 9.70 Å². The van der Waals surface area contributed by atoms with Gasteiger partial charge in [0.1, 0.15) is 12.2 Å². The molecule has 2 N–H and O–H groups in total. The SMILES string of the molecule is [N-]=[N+]=NCC(CN=O)N(N)C(=O)c1cnc2c(OCC3CCCCC3)cccn12. The molecular formula is C18H24N8O3. The minimum absolute atomic E-state index is 0.156. The Morgan fingerprint density at radius 1 is 1.41 bits per heavy atom. The number of rotatable bonds is 9. The lowest BCUT2D eigenvalue weighted by atomic mass is 9.90. The van der Waals surface area contributed by atoms with E-state index in [0.29, 0.717) is 23.9 Å². The quantitative estimate of drug-likeness (QED) is 0.130. The van der Waals surface area contributed by atoms with Crippen LogP contribution in [0.15, 0.2) is 34.8 Å². The zero-order valence-electron chi connectivity index (χ0n) is 16.1. The molecule has 0 saturated heterocycles. The van der Waals surface area contributed by atoms with Crippen molar-refractivity contribution < 1.29 is 9.53 Å². The zero-order chi connectivity index (χ0) is 20.6. The van der Waals surface area contributed by atoms with Crippen LogP contribution in [0.2, 0.25) is 0 Å². The molecule has 29 heavy (non-hydrogen) atoms. The van der Waals surface area contributed by atoms with Crippen molar-refractivity contribution in [3.63, 3.8) is 0 Å². The predicted molar refractivity (Wildman–Crippen MR) is 106 cm³/mol. The number of hydrogen-bond acceptors (Lipinski definition) is 7. The molecule has 154 valence electrons.